The van der Waals surface area contributed by atoms with E-state index in [0.29, 0.717) is 23.2 Å². The van der Waals surface area contributed by atoms with Crippen LogP contribution in [0.15, 0.2) is 78.3 Å². The number of carboxylic acid groups (broad SMARTS) is 1. The normalized spacial score (nSPS) is 14.2. The minimum Gasteiger partial charge on any atom is -0.480 e. The van der Waals surface area contributed by atoms with Crippen LogP contribution in [0.4, 0.5) is 0 Å². The molecule has 0 saturated heterocycles. The number of aliphatic imine (C=N–C) groups is 1. The molecule has 0 aliphatic heterocycles. The highest BCUT2D eigenvalue weighted by molar-refractivity contribution is 5.96. The standard InChI is InChI=1S/C41H56N12O7/c1-23(2)16-31(50-39(58)33(19-27-21-45-22-48-27)52-36(55)30(49-35(54)24(3)42)14-9-15-46-41(43)44)37(56)51-32(17-25-10-5-4-6-11-25)38(57)53-34(40(59)60)18-26-20-47-29-13-8-7-12-28(26)29/h4-8,10-13,20-24,30-34,47H,9,14-19,42H2,1-3H3,(H,45,48)(H,49,54)(H,50,58)(H,51,56)(H,52,55)(H,53,57)(H,59,60)(H4,43,44,46). The van der Waals surface area contributed by atoms with E-state index in [1.165, 1.54) is 19.4 Å². The van der Waals surface area contributed by atoms with Crippen molar-refractivity contribution in [2.24, 2.45) is 28.1 Å². The predicted octanol–water partition coefficient (Wildman–Crippen LogP) is -0.126. The SMILES string of the molecule is CC(C)CC(NC(=O)C(Cc1cnc[nH]1)NC(=O)C(CCCN=C(N)N)NC(=O)C(C)N)C(=O)NC(Cc1ccccc1)C(=O)NC(Cc1c[nH]c2ccccc12)C(=O)O. The summed E-state index contributed by atoms with van der Waals surface area (Å²) in [6.45, 7) is 5.33. The van der Waals surface area contributed by atoms with Gasteiger partial charge in [0.25, 0.3) is 0 Å². The first kappa shape index (κ1) is 45.9. The van der Waals surface area contributed by atoms with Gasteiger partial charge in [-0.3, -0.25) is 29.0 Å². The zero-order valence-corrected chi connectivity index (χ0v) is 33.9. The minimum atomic E-state index is -1.34. The lowest BCUT2D eigenvalue weighted by Crippen LogP contribution is -2.60. The van der Waals surface area contributed by atoms with Crippen molar-refractivity contribution in [3.63, 3.8) is 0 Å². The number of rotatable bonds is 23. The van der Waals surface area contributed by atoms with Crippen molar-refractivity contribution in [2.45, 2.75) is 95.5 Å². The van der Waals surface area contributed by atoms with E-state index < -0.39 is 71.8 Å². The highest BCUT2D eigenvalue weighted by atomic mass is 16.4. The average Bonchev–Trinajstić information content (AvgIpc) is 3.88. The summed E-state index contributed by atoms with van der Waals surface area (Å²) in [5, 5.41) is 24.4. The monoisotopic (exact) mass is 828 g/mol. The lowest BCUT2D eigenvalue weighted by atomic mass is 9.99. The van der Waals surface area contributed by atoms with Crippen LogP contribution >= 0.6 is 0 Å². The molecule has 0 fully saturated rings. The van der Waals surface area contributed by atoms with Crippen molar-refractivity contribution in [3.8, 4) is 0 Å². The molecule has 6 unspecified atom stereocenters. The summed E-state index contributed by atoms with van der Waals surface area (Å²) in [7, 11) is 0. The Bertz CT molecular complexity index is 2080. The minimum absolute atomic E-state index is 0.0103. The van der Waals surface area contributed by atoms with E-state index in [0.717, 1.165) is 10.9 Å². The molecule has 0 aliphatic rings. The molecular formula is C41H56N12O7. The Morgan fingerprint density at radius 2 is 1.30 bits per heavy atom. The van der Waals surface area contributed by atoms with Crippen LogP contribution in [0, 0.1) is 5.92 Å². The number of nitrogens with one attached hydrogen (secondary N) is 7. The number of aliphatic carboxylic acids is 1. The molecule has 5 amide bonds. The van der Waals surface area contributed by atoms with E-state index in [9.17, 15) is 33.9 Å². The first-order valence-electron chi connectivity index (χ1n) is 19.7. The fourth-order valence-electron chi connectivity index (χ4n) is 6.47. The Kier molecular flexibility index (Phi) is 17.2. The second kappa shape index (κ2) is 22.4. The third-order valence-corrected chi connectivity index (χ3v) is 9.57. The zero-order valence-electron chi connectivity index (χ0n) is 33.9. The number of aromatic nitrogens is 3. The fourth-order valence-corrected chi connectivity index (χ4v) is 6.47. The maximum atomic E-state index is 14.2. The Morgan fingerprint density at radius 1 is 0.717 bits per heavy atom. The van der Waals surface area contributed by atoms with Gasteiger partial charge in [-0.2, -0.15) is 0 Å². The smallest absolute Gasteiger partial charge is 0.326 e. The lowest BCUT2D eigenvalue weighted by molar-refractivity contribution is -0.142. The number of carbonyl (C=O) groups excluding carboxylic acids is 5. The Morgan fingerprint density at radius 3 is 1.92 bits per heavy atom. The molecule has 60 heavy (non-hydrogen) atoms. The van der Waals surface area contributed by atoms with E-state index in [1.54, 1.807) is 36.5 Å². The maximum absolute atomic E-state index is 14.2. The van der Waals surface area contributed by atoms with Crippen LogP contribution in [-0.2, 0) is 48.0 Å². The Hall–Kier alpha value is -6.76. The number of para-hydroxylation sites is 1. The highest BCUT2D eigenvalue weighted by Crippen LogP contribution is 2.19. The van der Waals surface area contributed by atoms with Gasteiger partial charge in [0.05, 0.1) is 12.4 Å². The number of benzene rings is 2. The molecule has 2 aromatic heterocycles. The number of fused-ring (bicyclic) bond motifs is 1. The van der Waals surface area contributed by atoms with Gasteiger partial charge in [-0.25, -0.2) is 9.78 Å². The van der Waals surface area contributed by atoms with Crippen molar-refractivity contribution in [1.29, 1.82) is 0 Å². The van der Waals surface area contributed by atoms with Crippen molar-refractivity contribution in [2.75, 3.05) is 6.54 Å². The van der Waals surface area contributed by atoms with Gasteiger partial charge >= 0.3 is 5.97 Å². The molecule has 2 aromatic carbocycles. The number of guanidine groups is 1. The quantitative estimate of drug-likeness (QED) is 0.0266. The predicted molar refractivity (Wildman–Crippen MR) is 225 cm³/mol. The van der Waals surface area contributed by atoms with Crippen LogP contribution in [0.5, 0.6) is 0 Å². The van der Waals surface area contributed by atoms with Crippen molar-refractivity contribution >= 4 is 52.4 Å². The number of H-pyrrole nitrogens is 2. The van der Waals surface area contributed by atoms with Crippen molar-refractivity contribution in [3.05, 3.63) is 90.1 Å². The second-order valence-corrected chi connectivity index (χ2v) is 15.0. The van der Waals surface area contributed by atoms with Crippen LogP contribution < -0.4 is 43.8 Å². The Labute approximate surface area is 347 Å². The molecule has 4 rings (SSSR count). The molecule has 322 valence electrons. The molecule has 6 atom stereocenters. The first-order chi connectivity index (χ1) is 28.6. The fraction of sp³-hybridized carbons (Fsp3) is 0.415. The van der Waals surface area contributed by atoms with Crippen LogP contribution in [0.2, 0.25) is 0 Å². The van der Waals surface area contributed by atoms with Crippen LogP contribution in [0.1, 0.15) is 56.9 Å². The summed E-state index contributed by atoms with van der Waals surface area (Å²) >= 11 is 0. The van der Waals surface area contributed by atoms with Crippen molar-refractivity contribution in [1.82, 2.24) is 41.5 Å². The molecule has 0 bridgehead atoms. The van der Waals surface area contributed by atoms with Gasteiger partial charge in [-0.05, 0) is 49.3 Å². The van der Waals surface area contributed by atoms with Crippen LogP contribution in [0.25, 0.3) is 10.9 Å². The third kappa shape index (κ3) is 14.3. The maximum Gasteiger partial charge on any atom is 0.326 e. The van der Waals surface area contributed by atoms with Gasteiger partial charge < -0.3 is 58.9 Å². The number of carboxylic acids is 1. The number of amides is 5. The van der Waals surface area contributed by atoms with Gasteiger partial charge in [-0.1, -0.05) is 62.4 Å². The molecule has 0 spiro atoms. The molecule has 14 N–H and O–H groups in total. The van der Waals surface area contributed by atoms with E-state index in [2.05, 4.69) is 46.5 Å². The second-order valence-electron chi connectivity index (χ2n) is 15.0. The van der Waals surface area contributed by atoms with Crippen LogP contribution in [-0.4, -0.2) is 104 Å². The molecule has 4 aromatic rings. The van der Waals surface area contributed by atoms with Gasteiger partial charge in [0.15, 0.2) is 5.96 Å². The van der Waals surface area contributed by atoms with E-state index in [-0.39, 0.29) is 50.5 Å². The van der Waals surface area contributed by atoms with Crippen molar-refractivity contribution < 1.29 is 33.9 Å². The number of hydrogen-bond donors (Lipinski definition) is 11. The van der Waals surface area contributed by atoms with Gasteiger partial charge in [0, 0.05) is 54.8 Å². The molecule has 19 nitrogen and oxygen atoms in total. The van der Waals surface area contributed by atoms with Gasteiger partial charge in [0.2, 0.25) is 29.5 Å². The number of hydrogen-bond acceptors (Lipinski definition) is 9. The first-order valence-corrected chi connectivity index (χ1v) is 19.7. The summed E-state index contributed by atoms with van der Waals surface area (Å²) in [6.07, 6.45) is 5.04. The molecule has 0 radical (unpaired) electrons. The summed E-state index contributed by atoms with van der Waals surface area (Å²) < 4.78 is 0. The number of carbonyl (C=O) groups is 6. The average molecular weight is 829 g/mol. The summed E-state index contributed by atoms with van der Waals surface area (Å²) in [5.41, 5.74) is 19.3. The van der Waals surface area contributed by atoms with E-state index in [4.69, 9.17) is 17.2 Å². The number of nitrogens with zero attached hydrogens (tertiary/aromatic N) is 2. The van der Waals surface area contributed by atoms with E-state index >= 15 is 0 Å². The number of aromatic amines is 2. The topological polar surface area (TPSA) is 318 Å². The molecule has 2 heterocycles. The van der Waals surface area contributed by atoms with Crippen LogP contribution in [0.3, 0.4) is 0 Å². The molecule has 0 saturated carbocycles. The van der Waals surface area contributed by atoms with Gasteiger partial charge in [0.1, 0.15) is 30.2 Å². The summed E-state index contributed by atoms with van der Waals surface area (Å²) in [5.74, 6) is -4.99. The van der Waals surface area contributed by atoms with Gasteiger partial charge in [-0.15, -0.1) is 0 Å². The summed E-state index contributed by atoms with van der Waals surface area (Å²) in [4.78, 5) is 95.0. The number of imidazole rings is 1. The zero-order chi connectivity index (χ0) is 43.8. The lowest BCUT2D eigenvalue weighted by Gasteiger charge is -2.28. The molecule has 19 heteroatoms. The van der Waals surface area contributed by atoms with E-state index in [1.807, 2.05) is 38.1 Å². The largest absolute Gasteiger partial charge is 0.480 e. The number of nitrogens with two attached hydrogens (primary N) is 3. The third-order valence-electron chi connectivity index (χ3n) is 9.57. The Balaban J connectivity index is 1.56. The summed E-state index contributed by atoms with van der Waals surface area (Å²) in [6, 6.07) is 9.19. The molecule has 0 aliphatic carbocycles. The molecular weight excluding hydrogens is 773 g/mol. The highest BCUT2D eigenvalue weighted by Gasteiger charge is 2.33.